The molecule has 0 unspecified atom stereocenters. The van der Waals surface area contributed by atoms with Crippen molar-refractivity contribution in [3.05, 3.63) is 35.4 Å². The van der Waals surface area contributed by atoms with Gasteiger partial charge in [-0.2, -0.15) is 0 Å². The van der Waals surface area contributed by atoms with Gasteiger partial charge >= 0.3 is 0 Å². The average Bonchev–Trinajstić information content (AvgIpc) is 2.38. The monoisotopic (exact) mass is 327 g/mol. The minimum absolute atomic E-state index is 0.0328. The Kier molecular flexibility index (Phi) is 6.73. The third-order valence-electron chi connectivity index (χ3n) is 2.76. The molecule has 0 bridgehead atoms. The molecule has 0 aliphatic carbocycles. The summed E-state index contributed by atoms with van der Waals surface area (Å²) in [6.07, 6.45) is 1.16. The highest BCUT2D eigenvalue weighted by atomic mass is 79.9. The summed E-state index contributed by atoms with van der Waals surface area (Å²) in [5, 5.41) is 12.1. The maximum atomic E-state index is 11.5. The van der Waals surface area contributed by atoms with Crippen LogP contribution in [0, 0.1) is 0 Å². The maximum Gasteiger partial charge on any atom is 0.217 e. The molecule has 1 amide bonds. The van der Waals surface area contributed by atoms with Gasteiger partial charge in [0.2, 0.25) is 5.91 Å². The Morgan fingerprint density at radius 3 is 2.42 bits per heavy atom. The Hall–Kier alpha value is -1.20. The molecule has 0 aromatic heterocycles. The van der Waals surface area contributed by atoms with Gasteiger partial charge in [-0.3, -0.25) is 9.59 Å². The van der Waals surface area contributed by atoms with Gasteiger partial charge in [-0.15, -0.1) is 0 Å². The number of nitrogens with one attached hydrogen (secondary N) is 1. The van der Waals surface area contributed by atoms with Gasteiger partial charge in [-0.25, -0.2) is 0 Å². The molecule has 1 aromatic carbocycles. The van der Waals surface area contributed by atoms with Gasteiger partial charge in [0, 0.05) is 25.1 Å². The van der Waals surface area contributed by atoms with Crippen LogP contribution in [0.15, 0.2) is 24.3 Å². The summed E-state index contributed by atoms with van der Waals surface area (Å²) in [6.45, 7) is 1.49. The fourth-order valence-corrected chi connectivity index (χ4v) is 2.18. The van der Waals surface area contributed by atoms with Gasteiger partial charge in [0.05, 0.1) is 5.33 Å². The summed E-state index contributed by atoms with van der Waals surface area (Å²) in [7, 11) is 0. The van der Waals surface area contributed by atoms with Crippen LogP contribution in [0.5, 0.6) is 0 Å². The number of aliphatic hydroxyl groups excluding tert-OH is 1. The molecule has 4 nitrogen and oxygen atoms in total. The van der Waals surface area contributed by atoms with Gasteiger partial charge in [-0.1, -0.05) is 40.2 Å². The van der Waals surface area contributed by atoms with E-state index in [1.165, 1.54) is 6.92 Å². The Labute approximate surface area is 121 Å². The SMILES string of the molecule is CC(=O)N[C@H](CCO)Cc1ccc(C(=O)CBr)cc1. The molecule has 1 aromatic rings. The number of carbonyl (C=O) groups is 2. The molecule has 0 radical (unpaired) electrons. The summed E-state index contributed by atoms with van der Waals surface area (Å²) in [5.41, 5.74) is 1.69. The van der Waals surface area contributed by atoms with E-state index < -0.39 is 0 Å². The Morgan fingerprint density at radius 1 is 1.32 bits per heavy atom. The normalized spacial score (nSPS) is 11.9. The fourth-order valence-electron chi connectivity index (χ4n) is 1.86. The number of hydrogen-bond acceptors (Lipinski definition) is 3. The standard InChI is InChI=1S/C14H18BrNO3/c1-10(18)16-13(6-7-17)8-11-2-4-12(5-3-11)14(19)9-15/h2-5,13,17H,6-9H2,1H3,(H,16,18)/t13-/m1/s1. The first-order valence-electron chi connectivity index (χ1n) is 6.13. The van der Waals surface area contributed by atoms with Crippen molar-refractivity contribution >= 4 is 27.6 Å². The summed E-state index contributed by atoms with van der Waals surface area (Å²) in [5.74, 6) is -0.0649. The second kappa shape index (κ2) is 8.07. The van der Waals surface area contributed by atoms with Crippen LogP contribution in [0.2, 0.25) is 0 Å². The lowest BCUT2D eigenvalue weighted by Gasteiger charge is -2.16. The molecule has 0 aliphatic rings. The number of halogens is 1. The van der Waals surface area contributed by atoms with Crippen LogP contribution in [-0.2, 0) is 11.2 Å². The molecular weight excluding hydrogens is 310 g/mol. The Morgan fingerprint density at radius 2 is 1.95 bits per heavy atom. The number of alkyl halides is 1. The molecule has 1 rings (SSSR count). The minimum Gasteiger partial charge on any atom is -0.396 e. The molecule has 0 aliphatic heterocycles. The van der Waals surface area contributed by atoms with Gasteiger partial charge in [-0.05, 0) is 18.4 Å². The van der Waals surface area contributed by atoms with Gasteiger partial charge in [0.25, 0.3) is 0 Å². The van der Waals surface area contributed by atoms with Crippen LogP contribution in [0.25, 0.3) is 0 Å². The number of aliphatic hydroxyl groups is 1. The van der Waals surface area contributed by atoms with Crippen LogP contribution < -0.4 is 5.32 Å². The molecule has 2 N–H and O–H groups in total. The third-order valence-corrected chi connectivity index (χ3v) is 3.27. The molecule has 0 saturated carbocycles. The van der Waals surface area contributed by atoms with E-state index in [0.717, 1.165) is 5.56 Å². The molecule has 19 heavy (non-hydrogen) atoms. The zero-order valence-electron chi connectivity index (χ0n) is 10.9. The molecule has 0 spiro atoms. The van der Waals surface area contributed by atoms with Crippen molar-refractivity contribution in [2.24, 2.45) is 0 Å². The first-order valence-corrected chi connectivity index (χ1v) is 7.25. The number of rotatable bonds is 7. The molecule has 0 heterocycles. The molecular formula is C14H18BrNO3. The van der Waals surface area contributed by atoms with Crippen molar-refractivity contribution in [2.75, 3.05) is 11.9 Å². The average molecular weight is 328 g/mol. The van der Waals surface area contributed by atoms with Crippen molar-refractivity contribution in [1.29, 1.82) is 0 Å². The van der Waals surface area contributed by atoms with Crippen LogP contribution >= 0.6 is 15.9 Å². The van der Waals surface area contributed by atoms with Crippen LogP contribution in [0.1, 0.15) is 29.3 Å². The zero-order valence-corrected chi connectivity index (χ0v) is 12.4. The second-order valence-corrected chi connectivity index (χ2v) is 4.93. The molecule has 1 atom stereocenters. The van der Waals surface area contributed by atoms with Crippen LogP contribution in [0.4, 0.5) is 0 Å². The van der Waals surface area contributed by atoms with E-state index in [0.29, 0.717) is 23.7 Å². The molecule has 104 valence electrons. The van der Waals surface area contributed by atoms with Crippen molar-refractivity contribution < 1.29 is 14.7 Å². The highest BCUT2D eigenvalue weighted by Crippen LogP contribution is 2.10. The van der Waals surface area contributed by atoms with Crippen molar-refractivity contribution in [3.8, 4) is 0 Å². The van der Waals surface area contributed by atoms with Gasteiger partial charge in [0.15, 0.2) is 5.78 Å². The van der Waals surface area contributed by atoms with E-state index in [1.54, 1.807) is 12.1 Å². The largest absolute Gasteiger partial charge is 0.396 e. The van der Waals surface area contributed by atoms with E-state index in [4.69, 9.17) is 5.11 Å². The van der Waals surface area contributed by atoms with Crippen LogP contribution in [-0.4, -0.2) is 34.8 Å². The Bertz CT molecular complexity index is 431. The second-order valence-electron chi connectivity index (χ2n) is 4.37. The molecule has 0 saturated heterocycles. The number of ketones is 1. The van der Waals surface area contributed by atoms with Crippen molar-refractivity contribution in [2.45, 2.75) is 25.8 Å². The van der Waals surface area contributed by atoms with E-state index in [9.17, 15) is 9.59 Å². The molecule has 5 heteroatoms. The van der Waals surface area contributed by atoms with E-state index in [-0.39, 0.29) is 24.3 Å². The maximum absolute atomic E-state index is 11.5. The number of hydrogen-bond donors (Lipinski definition) is 2. The predicted molar refractivity (Wildman–Crippen MR) is 77.6 cm³/mol. The summed E-state index contributed by atoms with van der Waals surface area (Å²) >= 11 is 3.13. The first kappa shape index (κ1) is 15.9. The topological polar surface area (TPSA) is 66.4 Å². The van der Waals surface area contributed by atoms with Crippen molar-refractivity contribution in [1.82, 2.24) is 5.32 Å². The summed E-state index contributed by atoms with van der Waals surface area (Å²) in [6, 6.07) is 7.23. The summed E-state index contributed by atoms with van der Waals surface area (Å²) < 4.78 is 0. The lowest BCUT2D eigenvalue weighted by atomic mass is 10.0. The van der Waals surface area contributed by atoms with E-state index >= 15 is 0 Å². The fraction of sp³-hybridized carbons (Fsp3) is 0.429. The van der Waals surface area contributed by atoms with Gasteiger partial charge in [0.1, 0.15) is 0 Å². The number of amides is 1. The predicted octanol–water partition coefficient (Wildman–Crippen LogP) is 1.69. The number of carbonyl (C=O) groups excluding carboxylic acids is 2. The lowest BCUT2D eigenvalue weighted by Crippen LogP contribution is -2.35. The Balaban J connectivity index is 2.68. The third kappa shape index (κ3) is 5.53. The smallest absolute Gasteiger partial charge is 0.217 e. The zero-order chi connectivity index (χ0) is 14.3. The van der Waals surface area contributed by atoms with Crippen LogP contribution in [0.3, 0.4) is 0 Å². The van der Waals surface area contributed by atoms with E-state index in [2.05, 4.69) is 21.2 Å². The number of Topliss-reactive ketones (excluding diaryl/α,β-unsaturated/α-hetero) is 1. The van der Waals surface area contributed by atoms with E-state index in [1.807, 2.05) is 12.1 Å². The van der Waals surface area contributed by atoms with Gasteiger partial charge < -0.3 is 10.4 Å². The quantitative estimate of drug-likeness (QED) is 0.591. The summed E-state index contributed by atoms with van der Waals surface area (Å²) in [4.78, 5) is 22.5. The molecule has 0 fully saturated rings. The highest BCUT2D eigenvalue weighted by Gasteiger charge is 2.11. The minimum atomic E-state index is -0.107. The first-order chi connectivity index (χ1) is 9.06. The van der Waals surface area contributed by atoms with Crippen molar-refractivity contribution in [3.63, 3.8) is 0 Å². The number of benzene rings is 1. The highest BCUT2D eigenvalue weighted by molar-refractivity contribution is 9.09. The lowest BCUT2D eigenvalue weighted by molar-refractivity contribution is -0.119.